The molecule has 2 aromatic heterocycles. The standard InChI is InChI=1S/C18H17F3N6O2/c19-18(20,21)28-12-5-3-11(4-6-12)9-27-7-1-2-14(27)17-25-16(26-29-17)13-8-23-10-24-15(13)22/h3-6,8,10,14H,1-2,7,9H2,(H2,22,23,24). The van der Waals surface area contributed by atoms with E-state index in [0.29, 0.717) is 23.8 Å². The summed E-state index contributed by atoms with van der Waals surface area (Å²) in [7, 11) is 0. The van der Waals surface area contributed by atoms with Crippen molar-refractivity contribution in [1.82, 2.24) is 25.0 Å². The molecule has 3 heterocycles. The maximum Gasteiger partial charge on any atom is 0.573 e. The molecule has 1 aliphatic rings. The molecule has 29 heavy (non-hydrogen) atoms. The van der Waals surface area contributed by atoms with Crippen LogP contribution in [0.15, 0.2) is 41.3 Å². The van der Waals surface area contributed by atoms with Crippen LogP contribution in [0.5, 0.6) is 5.75 Å². The molecular formula is C18H17F3N6O2. The highest BCUT2D eigenvalue weighted by atomic mass is 19.4. The van der Waals surface area contributed by atoms with Gasteiger partial charge in [-0.3, -0.25) is 4.90 Å². The fraction of sp³-hybridized carbons (Fsp3) is 0.333. The monoisotopic (exact) mass is 406 g/mol. The first-order valence-electron chi connectivity index (χ1n) is 8.87. The average molecular weight is 406 g/mol. The third-order valence-corrected chi connectivity index (χ3v) is 4.62. The lowest BCUT2D eigenvalue weighted by molar-refractivity contribution is -0.274. The van der Waals surface area contributed by atoms with Gasteiger partial charge in [0.1, 0.15) is 17.9 Å². The summed E-state index contributed by atoms with van der Waals surface area (Å²) in [5, 5.41) is 3.98. The number of nitrogens with zero attached hydrogens (tertiary/aromatic N) is 5. The Hall–Kier alpha value is -3.21. The molecule has 1 atom stereocenters. The highest BCUT2D eigenvalue weighted by Gasteiger charge is 2.32. The van der Waals surface area contributed by atoms with Crippen LogP contribution in [0.1, 0.15) is 30.3 Å². The fourth-order valence-corrected chi connectivity index (χ4v) is 3.32. The van der Waals surface area contributed by atoms with E-state index in [1.165, 1.54) is 24.7 Å². The number of hydrogen-bond donors (Lipinski definition) is 1. The van der Waals surface area contributed by atoms with Gasteiger partial charge in [-0.1, -0.05) is 17.3 Å². The molecule has 1 fully saturated rings. The number of hydrogen-bond acceptors (Lipinski definition) is 8. The lowest BCUT2D eigenvalue weighted by Crippen LogP contribution is -2.23. The van der Waals surface area contributed by atoms with Crippen LogP contribution in [-0.2, 0) is 6.54 Å². The SMILES string of the molecule is Nc1ncncc1-c1noc(C2CCCN2Cc2ccc(OC(F)(F)F)cc2)n1. The minimum absolute atomic E-state index is 0.0896. The van der Waals surface area contributed by atoms with Crippen molar-refractivity contribution in [1.29, 1.82) is 0 Å². The number of nitrogens with two attached hydrogens (primary N) is 1. The van der Waals surface area contributed by atoms with Gasteiger partial charge < -0.3 is 15.0 Å². The number of likely N-dealkylation sites (tertiary alicyclic amines) is 1. The van der Waals surface area contributed by atoms with Crippen molar-refractivity contribution in [3.05, 3.63) is 48.2 Å². The Morgan fingerprint density at radius 1 is 1.24 bits per heavy atom. The fourth-order valence-electron chi connectivity index (χ4n) is 3.32. The van der Waals surface area contributed by atoms with Crippen LogP contribution in [0.3, 0.4) is 0 Å². The molecular weight excluding hydrogens is 389 g/mol. The highest BCUT2D eigenvalue weighted by Crippen LogP contribution is 2.34. The maximum atomic E-state index is 12.3. The molecule has 11 heteroatoms. The lowest BCUT2D eigenvalue weighted by Gasteiger charge is -2.21. The maximum absolute atomic E-state index is 12.3. The Kier molecular flexibility index (Phi) is 5.05. The summed E-state index contributed by atoms with van der Waals surface area (Å²) in [6.45, 7) is 1.34. The molecule has 1 aromatic carbocycles. The molecule has 0 aliphatic carbocycles. The van der Waals surface area contributed by atoms with Gasteiger partial charge in [0, 0.05) is 12.7 Å². The molecule has 152 valence electrons. The zero-order valence-corrected chi connectivity index (χ0v) is 15.1. The molecule has 1 saturated heterocycles. The molecule has 0 amide bonds. The summed E-state index contributed by atoms with van der Waals surface area (Å²) in [5.74, 6) is 0.789. The number of benzene rings is 1. The van der Waals surface area contributed by atoms with E-state index in [1.54, 1.807) is 12.1 Å². The summed E-state index contributed by atoms with van der Waals surface area (Å²) >= 11 is 0. The predicted octanol–water partition coefficient (Wildman–Crippen LogP) is 3.34. The van der Waals surface area contributed by atoms with E-state index in [1.807, 2.05) is 0 Å². The molecule has 0 saturated carbocycles. The first-order chi connectivity index (χ1) is 13.9. The second-order valence-electron chi connectivity index (χ2n) is 6.60. The number of ether oxygens (including phenoxy) is 1. The van der Waals surface area contributed by atoms with Crippen molar-refractivity contribution in [3.8, 4) is 17.1 Å². The van der Waals surface area contributed by atoms with E-state index in [-0.39, 0.29) is 17.6 Å². The third-order valence-electron chi connectivity index (χ3n) is 4.62. The van der Waals surface area contributed by atoms with Crippen molar-refractivity contribution in [3.63, 3.8) is 0 Å². The second-order valence-corrected chi connectivity index (χ2v) is 6.60. The molecule has 4 rings (SSSR count). The van der Waals surface area contributed by atoms with Crippen LogP contribution in [0.4, 0.5) is 19.0 Å². The van der Waals surface area contributed by atoms with Gasteiger partial charge in [-0.15, -0.1) is 13.2 Å². The lowest BCUT2D eigenvalue weighted by atomic mass is 10.1. The van der Waals surface area contributed by atoms with Crippen molar-refractivity contribution < 1.29 is 22.4 Å². The van der Waals surface area contributed by atoms with Crippen LogP contribution in [0, 0.1) is 0 Å². The minimum atomic E-state index is -4.70. The Balaban J connectivity index is 1.47. The Labute approximate surface area is 163 Å². The first-order valence-corrected chi connectivity index (χ1v) is 8.87. The number of halogens is 3. The first kappa shape index (κ1) is 19.1. The number of rotatable bonds is 5. The minimum Gasteiger partial charge on any atom is -0.406 e. The van der Waals surface area contributed by atoms with Crippen molar-refractivity contribution >= 4 is 5.82 Å². The van der Waals surface area contributed by atoms with Crippen LogP contribution >= 0.6 is 0 Å². The molecule has 1 aliphatic heterocycles. The van der Waals surface area contributed by atoms with Gasteiger partial charge in [0.15, 0.2) is 0 Å². The van der Waals surface area contributed by atoms with Crippen LogP contribution in [0.2, 0.25) is 0 Å². The largest absolute Gasteiger partial charge is 0.573 e. The highest BCUT2D eigenvalue weighted by molar-refractivity contribution is 5.66. The van der Waals surface area contributed by atoms with Gasteiger partial charge in [-0.25, -0.2) is 9.97 Å². The topological polar surface area (TPSA) is 103 Å². The number of aromatic nitrogens is 4. The number of alkyl halides is 3. The zero-order valence-electron chi connectivity index (χ0n) is 15.1. The molecule has 3 aromatic rings. The van der Waals surface area contributed by atoms with Crippen LogP contribution in [0.25, 0.3) is 11.4 Å². The van der Waals surface area contributed by atoms with Gasteiger partial charge in [-0.2, -0.15) is 4.98 Å². The smallest absolute Gasteiger partial charge is 0.406 e. The summed E-state index contributed by atoms with van der Waals surface area (Å²) in [6, 6.07) is 5.73. The van der Waals surface area contributed by atoms with Gasteiger partial charge in [0.2, 0.25) is 11.7 Å². The van der Waals surface area contributed by atoms with E-state index < -0.39 is 6.36 Å². The second kappa shape index (κ2) is 7.66. The zero-order chi connectivity index (χ0) is 20.4. The average Bonchev–Trinajstić information content (AvgIpc) is 3.32. The quantitative estimate of drug-likeness (QED) is 0.688. The van der Waals surface area contributed by atoms with Crippen molar-refractivity contribution in [2.24, 2.45) is 0 Å². The number of anilines is 1. The van der Waals surface area contributed by atoms with Gasteiger partial charge >= 0.3 is 6.36 Å². The molecule has 0 bridgehead atoms. The summed E-state index contributed by atoms with van der Waals surface area (Å²) in [4.78, 5) is 14.4. The Morgan fingerprint density at radius 2 is 2.03 bits per heavy atom. The Morgan fingerprint density at radius 3 is 2.76 bits per heavy atom. The van der Waals surface area contributed by atoms with Crippen molar-refractivity contribution in [2.75, 3.05) is 12.3 Å². The molecule has 0 radical (unpaired) electrons. The van der Waals surface area contributed by atoms with E-state index in [4.69, 9.17) is 10.3 Å². The molecule has 1 unspecified atom stereocenters. The van der Waals surface area contributed by atoms with Gasteiger partial charge in [-0.05, 0) is 37.1 Å². The normalized spacial score (nSPS) is 17.6. The van der Waals surface area contributed by atoms with E-state index in [9.17, 15) is 13.2 Å². The van der Waals surface area contributed by atoms with E-state index in [0.717, 1.165) is 24.9 Å². The van der Waals surface area contributed by atoms with Crippen LogP contribution < -0.4 is 10.5 Å². The summed E-state index contributed by atoms with van der Waals surface area (Å²) in [6.07, 6.45) is -0.0756. The van der Waals surface area contributed by atoms with E-state index >= 15 is 0 Å². The van der Waals surface area contributed by atoms with Gasteiger partial charge in [0.25, 0.3) is 0 Å². The van der Waals surface area contributed by atoms with Crippen LogP contribution in [-0.4, -0.2) is 37.9 Å². The summed E-state index contributed by atoms with van der Waals surface area (Å²) in [5.41, 5.74) is 7.18. The van der Waals surface area contributed by atoms with Crippen molar-refractivity contribution in [2.45, 2.75) is 31.8 Å². The Bertz CT molecular complexity index is 976. The molecule has 2 N–H and O–H groups in total. The van der Waals surface area contributed by atoms with Gasteiger partial charge in [0.05, 0.1) is 11.6 Å². The third kappa shape index (κ3) is 4.45. The predicted molar refractivity (Wildman–Crippen MR) is 95.2 cm³/mol. The number of nitrogen functional groups attached to an aromatic ring is 1. The molecule has 0 spiro atoms. The summed E-state index contributed by atoms with van der Waals surface area (Å²) < 4.78 is 46.2. The van der Waals surface area contributed by atoms with E-state index in [2.05, 4.69) is 29.7 Å². The molecule has 8 nitrogen and oxygen atoms in total.